The van der Waals surface area contributed by atoms with Gasteiger partial charge in [0.15, 0.2) is 0 Å². The van der Waals surface area contributed by atoms with E-state index in [2.05, 4.69) is 16.7 Å². The molecule has 5 rings (SSSR count). The summed E-state index contributed by atoms with van der Waals surface area (Å²) in [5.74, 6) is -1.34. The third kappa shape index (κ3) is 5.43. The first-order chi connectivity index (χ1) is 20.0. The van der Waals surface area contributed by atoms with Gasteiger partial charge in [-0.15, -0.1) is 0 Å². The van der Waals surface area contributed by atoms with Crippen molar-refractivity contribution in [2.75, 3.05) is 30.8 Å². The Hall–Kier alpha value is -4.76. The number of hydrogen-bond acceptors (Lipinski definition) is 6. The summed E-state index contributed by atoms with van der Waals surface area (Å²) in [6, 6.07) is 16.7. The van der Waals surface area contributed by atoms with Gasteiger partial charge in [-0.05, 0) is 60.9 Å². The van der Waals surface area contributed by atoms with Gasteiger partial charge in [0.1, 0.15) is 29.4 Å². The summed E-state index contributed by atoms with van der Waals surface area (Å²) in [6.45, 7) is -1.47. The molecule has 216 valence electrons. The molecule has 2 amide bonds. The summed E-state index contributed by atoms with van der Waals surface area (Å²) in [4.78, 5) is 26.1. The summed E-state index contributed by atoms with van der Waals surface area (Å²) >= 11 is 0. The first kappa shape index (κ1) is 28.8. The molecule has 1 aliphatic carbocycles. The van der Waals surface area contributed by atoms with Crippen LogP contribution in [-0.2, 0) is 10.0 Å². The smallest absolute Gasteiger partial charge is 0.255 e. The molecule has 9 nitrogen and oxygen atoms in total. The van der Waals surface area contributed by atoms with Crippen LogP contribution in [0.5, 0.6) is 0 Å². The Labute approximate surface area is 240 Å². The van der Waals surface area contributed by atoms with Crippen LogP contribution in [0.2, 0.25) is 0 Å². The van der Waals surface area contributed by atoms with Crippen molar-refractivity contribution in [1.82, 2.24) is 10.6 Å². The van der Waals surface area contributed by atoms with E-state index >= 15 is 0 Å². The Kier molecular flexibility index (Phi) is 7.47. The monoisotopic (exact) mass is 592 g/mol. The number of halogens is 2. The van der Waals surface area contributed by atoms with E-state index in [0.29, 0.717) is 29.4 Å². The fourth-order valence-electron chi connectivity index (χ4n) is 4.77. The number of furan rings is 1. The van der Waals surface area contributed by atoms with Crippen LogP contribution in [0.4, 0.5) is 14.5 Å². The number of hydrogen-bond donors (Lipinski definition) is 2. The third-order valence-electron chi connectivity index (χ3n) is 7.08. The molecule has 0 aliphatic heterocycles. The second kappa shape index (κ2) is 10.9. The molecule has 0 unspecified atom stereocenters. The summed E-state index contributed by atoms with van der Waals surface area (Å²) in [6.07, 6.45) is 2.03. The molecule has 0 saturated heterocycles. The SMILES string of the molecule is CNC(=O)c1c(-c2ccc(F)cc2)oc2cc(N(CCF)S(C)(=O)=O)c(-c3cccc(C(=O)NC4(C#N)CC4)c3)cc12. The minimum atomic E-state index is -3.99. The van der Waals surface area contributed by atoms with Gasteiger partial charge in [0, 0.05) is 35.2 Å². The van der Waals surface area contributed by atoms with Crippen molar-refractivity contribution < 1.29 is 31.2 Å². The van der Waals surface area contributed by atoms with E-state index in [9.17, 15) is 32.0 Å². The maximum absolute atomic E-state index is 13.7. The molecule has 1 saturated carbocycles. The van der Waals surface area contributed by atoms with E-state index in [-0.39, 0.29) is 33.7 Å². The van der Waals surface area contributed by atoms with E-state index in [1.807, 2.05) is 0 Å². The topological polar surface area (TPSA) is 133 Å². The molecule has 1 fully saturated rings. The zero-order chi connectivity index (χ0) is 30.2. The first-order valence-electron chi connectivity index (χ1n) is 13.0. The highest BCUT2D eigenvalue weighted by molar-refractivity contribution is 7.92. The Morgan fingerprint density at radius 3 is 2.38 bits per heavy atom. The van der Waals surface area contributed by atoms with Crippen molar-refractivity contribution in [3.63, 3.8) is 0 Å². The summed E-state index contributed by atoms with van der Waals surface area (Å²) in [5.41, 5.74) is 0.751. The van der Waals surface area contributed by atoms with Crippen LogP contribution in [0.25, 0.3) is 33.4 Å². The molecule has 0 spiro atoms. The summed E-state index contributed by atoms with van der Waals surface area (Å²) < 4.78 is 59.9. The molecular weight excluding hydrogens is 566 g/mol. The van der Waals surface area contributed by atoms with Gasteiger partial charge >= 0.3 is 0 Å². The van der Waals surface area contributed by atoms with Gasteiger partial charge in [0.05, 0.1) is 30.1 Å². The van der Waals surface area contributed by atoms with Crippen LogP contribution in [0.1, 0.15) is 33.6 Å². The lowest BCUT2D eigenvalue weighted by molar-refractivity contribution is 0.0939. The molecule has 4 aromatic rings. The highest BCUT2D eigenvalue weighted by Gasteiger charge is 2.44. The minimum absolute atomic E-state index is 0.0683. The highest BCUT2D eigenvalue weighted by Crippen LogP contribution is 2.42. The number of alkyl halides is 1. The van der Waals surface area contributed by atoms with Gasteiger partial charge in [-0.3, -0.25) is 13.9 Å². The standard InChI is InChI=1S/C30H26F2N4O5S/c1-34-29(38)26-23-15-22(19-4-3-5-20(14-19)28(37)35-30(17-33)10-11-30)24(36(13-12-31)42(2,39)40)16-25(23)41-27(26)18-6-8-21(32)9-7-18/h3-9,14-16H,10-13H2,1-2H3,(H,34,38)(H,35,37). The van der Waals surface area contributed by atoms with Gasteiger partial charge in [-0.1, -0.05) is 12.1 Å². The molecule has 1 aliphatic rings. The lowest BCUT2D eigenvalue weighted by Crippen LogP contribution is -2.35. The molecule has 12 heteroatoms. The minimum Gasteiger partial charge on any atom is -0.455 e. The number of benzene rings is 3. The summed E-state index contributed by atoms with van der Waals surface area (Å²) in [5, 5.41) is 15.0. The number of fused-ring (bicyclic) bond motifs is 1. The van der Waals surface area contributed by atoms with Gasteiger partial charge in [0.2, 0.25) is 10.0 Å². The van der Waals surface area contributed by atoms with Crippen LogP contribution >= 0.6 is 0 Å². The van der Waals surface area contributed by atoms with Gasteiger partial charge in [-0.2, -0.15) is 5.26 Å². The molecule has 0 atom stereocenters. The Bertz CT molecular complexity index is 1860. The highest BCUT2D eigenvalue weighted by atomic mass is 32.2. The number of nitrogens with one attached hydrogen (secondary N) is 2. The predicted molar refractivity (Wildman–Crippen MR) is 154 cm³/mol. The fourth-order valence-corrected chi connectivity index (χ4v) is 5.68. The average Bonchev–Trinajstić information content (AvgIpc) is 3.65. The van der Waals surface area contributed by atoms with E-state index in [0.717, 1.165) is 10.6 Å². The number of carbonyl (C=O) groups excluding carboxylic acids is 2. The molecule has 1 aromatic heterocycles. The normalized spacial score (nSPS) is 13.8. The zero-order valence-electron chi connectivity index (χ0n) is 22.7. The number of rotatable bonds is 9. The Morgan fingerprint density at radius 2 is 1.79 bits per heavy atom. The fraction of sp³-hybridized carbons (Fsp3) is 0.233. The largest absolute Gasteiger partial charge is 0.455 e. The van der Waals surface area contributed by atoms with Crippen LogP contribution in [0.15, 0.2) is 65.1 Å². The van der Waals surface area contributed by atoms with Crippen molar-refractivity contribution >= 4 is 38.5 Å². The maximum Gasteiger partial charge on any atom is 0.255 e. The first-order valence-corrected chi connectivity index (χ1v) is 14.8. The van der Waals surface area contributed by atoms with Gasteiger partial charge in [0.25, 0.3) is 11.8 Å². The molecule has 1 heterocycles. The van der Waals surface area contributed by atoms with Crippen molar-refractivity contribution in [3.8, 4) is 28.5 Å². The molecule has 0 bridgehead atoms. The third-order valence-corrected chi connectivity index (χ3v) is 8.26. The van der Waals surface area contributed by atoms with Crippen molar-refractivity contribution in [3.05, 3.63) is 77.6 Å². The lowest BCUT2D eigenvalue weighted by Gasteiger charge is -2.24. The average molecular weight is 593 g/mol. The van der Waals surface area contributed by atoms with Crippen LogP contribution in [0, 0.1) is 17.1 Å². The second-order valence-corrected chi connectivity index (χ2v) is 11.9. The van der Waals surface area contributed by atoms with E-state index in [1.54, 1.807) is 24.3 Å². The van der Waals surface area contributed by atoms with Gasteiger partial charge in [-0.25, -0.2) is 17.2 Å². The zero-order valence-corrected chi connectivity index (χ0v) is 23.5. The quantitative estimate of drug-likeness (QED) is 0.287. The Morgan fingerprint density at radius 1 is 1.07 bits per heavy atom. The predicted octanol–water partition coefficient (Wildman–Crippen LogP) is 4.79. The van der Waals surface area contributed by atoms with Crippen LogP contribution < -0.4 is 14.9 Å². The van der Waals surface area contributed by atoms with E-state index in [4.69, 9.17) is 4.42 Å². The van der Waals surface area contributed by atoms with Crippen molar-refractivity contribution in [1.29, 1.82) is 5.26 Å². The summed E-state index contributed by atoms with van der Waals surface area (Å²) in [7, 11) is -2.55. The number of amides is 2. The number of carbonyl (C=O) groups is 2. The Balaban J connectivity index is 1.76. The molecule has 3 aromatic carbocycles. The number of nitrogens with zero attached hydrogens (tertiary/aromatic N) is 2. The van der Waals surface area contributed by atoms with E-state index < -0.39 is 46.4 Å². The molecular formula is C30H26F2N4O5S. The van der Waals surface area contributed by atoms with Gasteiger partial charge < -0.3 is 15.1 Å². The number of sulfonamides is 1. The molecule has 2 N–H and O–H groups in total. The molecule has 42 heavy (non-hydrogen) atoms. The maximum atomic E-state index is 13.7. The van der Waals surface area contributed by atoms with Crippen LogP contribution in [0.3, 0.4) is 0 Å². The molecule has 0 radical (unpaired) electrons. The lowest BCUT2D eigenvalue weighted by atomic mass is 9.97. The van der Waals surface area contributed by atoms with E-state index in [1.165, 1.54) is 43.4 Å². The number of anilines is 1. The van der Waals surface area contributed by atoms with Crippen molar-refractivity contribution in [2.24, 2.45) is 0 Å². The van der Waals surface area contributed by atoms with Crippen molar-refractivity contribution in [2.45, 2.75) is 18.4 Å². The van der Waals surface area contributed by atoms with Crippen LogP contribution in [-0.4, -0.2) is 52.3 Å². The number of nitriles is 1. The second-order valence-electron chi connectivity index (χ2n) is 10.0.